The van der Waals surface area contributed by atoms with Gasteiger partial charge >= 0.3 is 0 Å². The Hall–Kier alpha value is -0.610. The molecule has 0 saturated carbocycles. The van der Waals surface area contributed by atoms with Crippen LogP contribution in [0.15, 0.2) is 0 Å². The summed E-state index contributed by atoms with van der Waals surface area (Å²) in [6.45, 7) is 4.97. The molecule has 0 bridgehead atoms. The Kier molecular flexibility index (Phi) is 6.42. The van der Waals surface area contributed by atoms with Gasteiger partial charge in [-0.15, -0.1) is 0 Å². The number of carbonyl (C=O) groups is 1. The van der Waals surface area contributed by atoms with Crippen LogP contribution >= 0.6 is 0 Å². The first-order chi connectivity index (χ1) is 7.79. The van der Waals surface area contributed by atoms with Gasteiger partial charge in [0.05, 0.1) is 19.3 Å². The molecule has 1 fully saturated rings. The molecule has 0 aromatic carbocycles. The van der Waals surface area contributed by atoms with Crippen LogP contribution in [0.4, 0.5) is 0 Å². The van der Waals surface area contributed by atoms with Gasteiger partial charge in [0.25, 0.3) is 0 Å². The molecule has 1 saturated heterocycles. The smallest absolute Gasteiger partial charge is 0.222 e. The molecule has 0 aromatic rings. The van der Waals surface area contributed by atoms with Gasteiger partial charge in [-0.3, -0.25) is 4.79 Å². The van der Waals surface area contributed by atoms with E-state index < -0.39 is 0 Å². The number of hydrogen-bond acceptors (Lipinski definition) is 3. The van der Waals surface area contributed by atoms with Crippen molar-refractivity contribution in [3.05, 3.63) is 0 Å². The standard InChI is InChI=1S/C12H24N2O2/c1-2-11-10-16-9-8-14(11)12(15)6-4-3-5-7-13/h11H,2-10,13H2,1H3. The van der Waals surface area contributed by atoms with Crippen molar-refractivity contribution in [3.8, 4) is 0 Å². The van der Waals surface area contributed by atoms with Crippen molar-refractivity contribution in [1.82, 2.24) is 4.90 Å². The fourth-order valence-electron chi connectivity index (χ4n) is 2.06. The third-order valence-corrected chi connectivity index (χ3v) is 3.11. The fraction of sp³-hybridized carbons (Fsp3) is 0.917. The van der Waals surface area contributed by atoms with E-state index >= 15 is 0 Å². The van der Waals surface area contributed by atoms with Gasteiger partial charge < -0.3 is 15.4 Å². The van der Waals surface area contributed by atoms with E-state index in [9.17, 15) is 4.79 Å². The Bertz CT molecular complexity index is 209. The first kappa shape index (κ1) is 13.5. The first-order valence-corrected chi connectivity index (χ1v) is 6.36. The molecule has 0 aliphatic carbocycles. The van der Waals surface area contributed by atoms with Gasteiger partial charge in [-0.25, -0.2) is 0 Å². The maximum absolute atomic E-state index is 12.0. The topological polar surface area (TPSA) is 55.6 Å². The highest BCUT2D eigenvalue weighted by molar-refractivity contribution is 5.76. The molecular weight excluding hydrogens is 204 g/mol. The van der Waals surface area contributed by atoms with Gasteiger partial charge in [-0.05, 0) is 25.8 Å². The third kappa shape index (κ3) is 4.10. The molecule has 4 heteroatoms. The lowest BCUT2D eigenvalue weighted by atomic mass is 10.1. The minimum absolute atomic E-state index is 0.284. The van der Waals surface area contributed by atoms with E-state index in [1.165, 1.54) is 0 Å². The Labute approximate surface area is 98.1 Å². The zero-order valence-electron chi connectivity index (χ0n) is 10.3. The van der Waals surface area contributed by atoms with Crippen LogP contribution in [0.3, 0.4) is 0 Å². The van der Waals surface area contributed by atoms with Crippen LogP contribution in [0.2, 0.25) is 0 Å². The van der Waals surface area contributed by atoms with Crippen molar-refractivity contribution >= 4 is 5.91 Å². The number of carbonyl (C=O) groups excluding carboxylic acids is 1. The highest BCUT2D eigenvalue weighted by atomic mass is 16.5. The Balaban J connectivity index is 2.27. The molecule has 4 nitrogen and oxygen atoms in total. The molecule has 1 atom stereocenters. The van der Waals surface area contributed by atoms with Crippen LogP contribution in [0.1, 0.15) is 39.0 Å². The van der Waals surface area contributed by atoms with Crippen LogP contribution in [-0.4, -0.2) is 43.2 Å². The summed E-state index contributed by atoms with van der Waals surface area (Å²) in [5.74, 6) is 0.284. The van der Waals surface area contributed by atoms with E-state index in [-0.39, 0.29) is 11.9 Å². The van der Waals surface area contributed by atoms with Crippen molar-refractivity contribution < 1.29 is 9.53 Å². The van der Waals surface area contributed by atoms with Crippen LogP contribution < -0.4 is 5.73 Å². The van der Waals surface area contributed by atoms with Crippen LogP contribution in [-0.2, 0) is 9.53 Å². The zero-order chi connectivity index (χ0) is 11.8. The molecule has 0 radical (unpaired) electrons. The molecule has 2 N–H and O–H groups in total. The number of amides is 1. The normalized spacial score (nSPS) is 21.1. The van der Waals surface area contributed by atoms with Gasteiger partial charge in [0, 0.05) is 13.0 Å². The van der Waals surface area contributed by atoms with Crippen LogP contribution in [0.25, 0.3) is 0 Å². The largest absolute Gasteiger partial charge is 0.377 e. The molecule has 1 unspecified atom stereocenters. The molecule has 1 heterocycles. The monoisotopic (exact) mass is 228 g/mol. The second-order valence-electron chi connectivity index (χ2n) is 4.32. The predicted molar refractivity (Wildman–Crippen MR) is 64.1 cm³/mol. The number of unbranched alkanes of at least 4 members (excludes halogenated alkanes) is 2. The molecular formula is C12H24N2O2. The maximum atomic E-state index is 12.0. The van der Waals surface area contributed by atoms with Crippen molar-refractivity contribution in [2.24, 2.45) is 5.73 Å². The molecule has 1 aliphatic heterocycles. The molecule has 1 amide bonds. The first-order valence-electron chi connectivity index (χ1n) is 6.36. The lowest BCUT2D eigenvalue weighted by Crippen LogP contribution is -2.48. The summed E-state index contributed by atoms with van der Waals surface area (Å²) in [6.07, 6.45) is 4.69. The zero-order valence-corrected chi connectivity index (χ0v) is 10.3. The summed E-state index contributed by atoms with van der Waals surface area (Å²) >= 11 is 0. The molecule has 94 valence electrons. The molecule has 1 aliphatic rings. The van der Waals surface area contributed by atoms with Gasteiger partial charge in [0.1, 0.15) is 0 Å². The number of nitrogens with zero attached hydrogens (tertiary/aromatic N) is 1. The van der Waals surface area contributed by atoms with Gasteiger partial charge in [-0.2, -0.15) is 0 Å². The van der Waals surface area contributed by atoms with E-state index in [4.69, 9.17) is 10.5 Å². The summed E-state index contributed by atoms with van der Waals surface area (Å²) in [4.78, 5) is 14.0. The average molecular weight is 228 g/mol. The van der Waals surface area contributed by atoms with Gasteiger partial charge in [-0.1, -0.05) is 13.3 Å². The lowest BCUT2D eigenvalue weighted by molar-refractivity contribution is -0.140. The van der Waals surface area contributed by atoms with E-state index in [1.54, 1.807) is 0 Å². The van der Waals surface area contributed by atoms with E-state index in [2.05, 4.69) is 6.92 Å². The van der Waals surface area contributed by atoms with Crippen molar-refractivity contribution in [2.75, 3.05) is 26.3 Å². The fourth-order valence-corrected chi connectivity index (χ4v) is 2.06. The SMILES string of the molecule is CCC1COCCN1C(=O)CCCCCN. The Morgan fingerprint density at radius 1 is 1.44 bits per heavy atom. The molecule has 16 heavy (non-hydrogen) atoms. The third-order valence-electron chi connectivity index (χ3n) is 3.11. The summed E-state index contributed by atoms with van der Waals surface area (Å²) in [6, 6.07) is 0.288. The van der Waals surface area contributed by atoms with E-state index in [0.29, 0.717) is 19.6 Å². The molecule has 0 spiro atoms. The highest BCUT2D eigenvalue weighted by Gasteiger charge is 2.24. The quantitative estimate of drug-likeness (QED) is 0.694. The van der Waals surface area contributed by atoms with Gasteiger partial charge in [0.15, 0.2) is 0 Å². The van der Waals surface area contributed by atoms with Gasteiger partial charge in [0.2, 0.25) is 5.91 Å². The maximum Gasteiger partial charge on any atom is 0.222 e. The minimum Gasteiger partial charge on any atom is -0.377 e. The van der Waals surface area contributed by atoms with Crippen LogP contribution in [0.5, 0.6) is 0 Å². The summed E-state index contributed by atoms with van der Waals surface area (Å²) in [7, 11) is 0. The number of rotatable bonds is 6. The van der Waals surface area contributed by atoms with Crippen LogP contribution in [0, 0.1) is 0 Å². The lowest BCUT2D eigenvalue weighted by Gasteiger charge is -2.35. The number of ether oxygens (including phenoxy) is 1. The number of morpholine rings is 1. The predicted octanol–water partition coefficient (Wildman–Crippen LogP) is 1.14. The molecule has 0 aromatic heterocycles. The summed E-state index contributed by atoms with van der Waals surface area (Å²) < 4.78 is 5.39. The van der Waals surface area contributed by atoms with Crippen molar-refractivity contribution in [3.63, 3.8) is 0 Å². The van der Waals surface area contributed by atoms with Crippen molar-refractivity contribution in [2.45, 2.75) is 45.1 Å². The second-order valence-corrected chi connectivity index (χ2v) is 4.32. The highest BCUT2D eigenvalue weighted by Crippen LogP contribution is 2.13. The number of nitrogens with two attached hydrogens (primary N) is 1. The number of hydrogen-bond donors (Lipinski definition) is 1. The second kappa shape index (κ2) is 7.63. The summed E-state index contributed by atoms with van der Waals surface area (Å²) in [5.41, 5.74) is 5.42. The Morgan fingerprint density at radius 3 is 2.94 bits per heavy atom. The average Bonchev–Trinajstić information content (AvgIpc) is 2.34. The van der Waals surface area contributed by atoms with E-state index in [1.807, 2.05) is 4.90 Å². The van der Waals surface area contributed by atoms with E-state index in [0.717, 1.165) is 38.8 Å². The summed E-state index contributed by atoms with van der Waals surface area (Å²) in [5, 5.41) is 0. The minimum atomic E-state index is 0.284. The molecule has 1 rings (SSSR count). The Morgan fingerprint density at radius 2 is 2.25 bits per heavy atom. The van der Waals surface area contributed by atoms with Crippen molar-refractivity contribution in [1.29, 1.82) is 0 Å².